The second-order valence-corrected chi connectivity index (χ2v) is 4.28. The summed E-state index contributed by atoms with van der Waals surface area (Å²) in [5.74, 6) is 0.859. The highest BCUT2D eigenvalue weighted by Crippen LogP contribution is 2.17. The molecule has 0 aromatic heterocycles. The minimum absolute atomic E-state index is 0.104. The monoisotopic (exact) mass is 266 g/mol. The highest BCUT2D eigenvalue weighted by Gasteiger charge is 2.05. The molecule has 0 saturated carbocycles. The van der Waals surface area contributed by atoms with Crippen molar-refractivity contribution in [2.75, 3.05) is 19.8 Å². The van der Waals surface area contributed by atoms with Crippen molar-refractivity contribution in [3.05, 3.63) is 29.3 Å². The largest absolute Gasteiger partial charge is 0.491 e. The van der Waals surface area contributed by atoms with E-state index in [4.69, 9.17) is 20.4 Å². The Balaban J connectivity index is 2.42. The fraction of sp³-hybridized carbons (Fsp3) is 0.500. The molecule has 1 rings (SSSR count). The lowest BCUT2D eigenvalue weighted by Crippen LogP contribution is -2.14. The van der Waals surface area contributed by atoms with Gasteiger partial charge < -0.3 is 20.4 Å². The Hall–Kier alpha value is -1.75. The maximum absolute atomic E-state index is 8.64. The Labute approximate surface area is 114 Å². The van der Waals surface area contributed by atoms with E-state index in [1.165, 1.54) is 0 Å². The number of hydrogen-bond donors (Lipinski definition) is 2. The summed E-state index contributed by atoms with van der Waals surface area (Å²) in [6, 6.07) is 5.43. The average molecular weight is 266 g/mol. The first kappa shape index (κ1) is 15.3. The predicted octanol–water partition coefficient (Wildman–Crippen LogP) is 2.29. The molecule has 0 unspecified atom stereocenters. The fourth-order valence-electron chi connectivity index (χ4n) is 1.63. The van der Waals surface area contributed by atoms with Gasteiger partial charge in [-0.05, 0) is 37.1 Å². The summed E-state index contributed by atoms with van der Waals surface area (Å²) >= 11 is 0. The van der Waals surface area contributed by atoms with E-state index in [1.54, 1.807) is 12.1 Å². The van der Waals surface area contributed by atoms with Gasteiger partial charge in [-0.3, -0.25) is 0 Å². The molecule has 0 fully saturated rings. The van der Waals surface area contributed by atoms with Gasteiger partial charge in [0, 0.05) is 12.2 Å². The number of unbranched alkanes of at least 4 members (excludes halogenated alkanes) is 1. The predicted molar refractivity (Wildman–Crippen MR) is 74.9 cm³/mol. The number of nitrogens with two attached hydrogens (primary N) is 1. The van der Waals surface area contributed by atoms with E-state index < -0.39 is 0 Å². The number of oxime groups is 1. The van der Waals surface area contributed by atoms with Gasteiger partial charge in [-0.25, -0.2) is 0 Å². The summed E-state index contributed by atoms with van der Waals surface area (Å²) in [6.07, 6.45) is 2.21. The number of nitrogens with zero attached hydrogens (tertiary/aromatic N) is 1. The second kappa shape index (κ2) is 8.37. The third-order valence-corrected chi connectivity index (χ3v) is 2.72. The van der Waals surface area contributed by atoms with E-state index in [9.17, 15) is 0 Å². The Morgan fingerprint density at radius 2 is 2.11 bits per heavy atom. The van der Waals surface area contributed by atoms with Crippen LogP contribution in [-0.4, -0.2) is 30.9 Å². The topological polar surface area (TPSA) is 77.1 Å². The molecule has 0 amide bonds. The van der Waals surface area contributed by atoms with Crippen LogP contribution in [0.4, 0.5) is 0 Å². The van der Waals surface area contributed by atoms with Crippen LogP contribution in [0.25, 0.3) is 0 Å². The Morgan fingerprint density at radius 1 is 1.32 bits per heavy atom. The van der Waals surface area contributed by atoms with E-state index in [0.29, 0.717) is 18.8 Å². The van der Waals surface area contributed by atoms with Gasteiger partial charge in [0.1, 0.15) is 12.4 Å². The third kappa shape index (κ3) is 5.18. The Kier molecular flexibility index (Phi) is 6.74. The molecule has 1 aromatic carbocycles. The lowest BCUT2D eigenvalue weighted by molar-refractivity contribution is 0.0980. The summed E-state index contributed by atoms with van der Waals surface area (Å²) in [5.41, 5.74) is 7.16. The van der Waals surface area contributed by atoms with Crippen molar-refractivity contribution in [3.63, 3.8) is 0 Å². The zero-order valence-corrected chi connectivity index (χ0v) is 11.6. The van der Waals surface area contributed by atoms with Crippen LogP contribution >= 0.6 is 0 Å². The molecule has 106 valence electrons. The first-order valence-electron chi connectivity index (χ1n) is 6.48. The van der Waals surface area contributed by atoms with Gasteiger partial charge in [-0.2, -0.15) is 0 Å². The number of hydrogen-bond acceptors (Lipinski definition) is 4. The van der Waals surface area contributed by atoms with Gasteiger partial charge in [0.25, 0.3) is 0 Å². The molecule has 0 spiro atoms. The van der Waals surface area contributed by atoms with E-state index in [1.807, 2.05) is 13.0 Å². The molecule has 0 aliphatic heterocycles. The Bertz CT molecular complexity index is 419. The average Bonchev–Trinajstić information content (AvgIpc) is 2.42. The van der Waals surface area contributed by atoms with Crippen LogP contribution in [0.2, 0.25) is 0 Å². The quantitative estimate of drug-likeness (QED) is 0.249. The molecule has 0 radical (unpaired) electrons. The summed E-state index contributed by atoms with van der Waals surface area (Å²) in [7, 11) is 0. The molecule has 5 heteroatoms. The maximum atomic E-state index is 8.64. The molecule has 0 aliphatic rings. The number of rotatable bonds is 8. The summed E-state index contributed by atoms with van der Waals surface area (Å²) in [6.45, 7) is 5.90. The first-order valence-corrected chi connectivity index (χ1v) is 6.48. The van der Waals surface area contributed by atoms with E-state index in [2.05, 4.69) is 12.1 Å². The lowest BCUT2D eigenvalue weighted by atomic mass is 10.1. The molecule has 0 heterocycles. The van der Waals surface area contributed by atoms with Crippen LogP contribution in [0.3, 0.4) is 0 Å². The molecule has 5 nitrogen and oxygen atoms in total. The van der Waals surface area contributed by atoms with E-state index in [-0.39, 0.29) is 5.84 Å². The molecule has 1 aromatic rings. The van der Waals surface area contributed by atoms with Crippen molar-refractivity contribution >= 4 is 5.84 Å². The van der Waals surface area contributed by atoms with Gasteiger partial charge >= 0.3 is 0 Å². The first-order chi connectivity index (χ1) is 9.19. The van der Waals surface area contributed by atoms with Crippen LogP contribution in [0.5, 0.6) is 5.75 Å². The minimum Gasteiger partial charge on any atom is -0.491 e. The van der Waals surface area contributed by atoms with Crippen molar-refractivity contribution in [2.45, 2.75) is 26.7 Å². The standard InChI is InChI=1S/C14H22N2O3/c1-3-4-7-18-8-9-19-12-5-6-13(11(2)10-12)14(15)16-17/h5-6,10,17H,3-4,7-9H2,1-2H3,(H2,15,16). The molecular weight excluding hydrogens is 244 g/mol. The fourth-order valence-corrected chi connectivity index (χ4v) is 1.63. The van der Waals surface area contributed by atoms with Gasteiger partial charge in [0.2, 0.25) is 0 Å². The van der Waals surface area contributed by atoms with Crippen LogP contribution in [-0.2, 0) is 4.74 Å². The van der Waals surface area contributed by atoms with Crippen LogP contribution in [0.15, 0.2) is 23.4 Å². The number of amidine groups is 1. The zero-order valence-electron chi connectivity index (χ0n) is 11.6. The van der Waals surface area contributed by atoms with Crippen molar-refractivity contribution in [3.8, 4) is 5.75 Å². The van der Waals surface area contributed by atoms with Gasteiger partial charge in [-0.15, -0.1) is 0 Å². The summed E-state index contributed by atoms with van der Waals surface area (Å²) < 4.78 is 11.0. The van der Waals surface area contributed by atoms with E-state index in [0.717, 1.165) is 30.8 Å². The minimum atomic E-state index is 0.104. The normalized spacial score (nSPS) is 11.6. The smallest absolute Gasteiger partial charge is 0.170 e. The highest BCUT2D eigenvalue weighted by molar-refractivity contribution is 5.98. The molecule has 0 bridgehead atoms. The SMILES string of the molecule is CCCCOCCOc1ccc(/C(N)=N/O)c(C)c1. The number of aryl methyl sites for hydroxylation is 1. The van der Waals surface area contributed by atoms with Crippen LogP contribution < -0.4 is 10.5 Å². The molecule has 19 heavy (non-hydrogen) atoms. The molecular formula is C14H22N2O3. The number of ether oxygens (including phenoxy) is 2. The molecule has 0 aliphatic carbocycles. The van der Waals surface area contributed by atoms with Gasteiger partial charge in [0.15, 0.2) is 5.84 Å². The van der Waals surface area contributed by atoms with Crippen molar-refractivity contribution < 1.29 is 14.7 Å². The van der Waals surface area contributed by atoms with E-state index >= 15 is 0 Å². The van der Waals surface area contributed by atoms with Gasteiger partial charge in [0.05, 0.1) is 6.61 Å². The van der Waals surface area contributed by atoms with Crippen molar-refractivity contribution in [1.29, 1.82) is 0 Å². The molecule has 0 atom stereocenters. The molecule has 0 saturated heterocycles. The maximum Gasteiger partial charge on any atom is 0.170 e. The Morgan fingerprint density at radius 3 is 2.74 bits per heavy atom. The van der Waals surface area contributed by atoms with Crippen molar-refractivity contribution in [2.24, 2.45) is 10.9 Å². The zero-order chi connectivity index (χ0) is 14.1. The van der Waals surface area contributed by atoms with Crippen LogP contribution in [0.1, 0.15) is 30.9 Å². The summed E-state index contributed by atoms with van der Waals surface area (Å²) in [4.78, 5) is 0. The molecule has 3 N–H and O–H groups in total. The highest BCUT2D eigenvalue weighted by atomic mass is 16.5. The number of benzene rings is 1. The lowest BCUT2D eigenvalue weighted by Gasteiger charge is -2.09. The van der Waals surface area contributed by atoms with Gasteiger partial charge in [-0.1, -0.05) is 18.5 Å². The third-order valence-electron chi connectivity index (χ3n) is 2.72. The second-order valence-electron chi connectivity index (χ2n) is 4.28. The summed E-state index contributed by atoms with van der Waals surface area (Å²) in [5, 5.41) is 11.6. The van der Waals surface area contributed by atoms with Crippen molar-refractivity contribution in [1.82, 2.24) is 0 Å². The van der Waals surface area contributed by atoms with Crippen LogP contribution in [0, 0.1) is 6.92 Å².